The number of nitrogens with zero attached hydrogens (tertiary/aromatic N) is 1. The number of carboxylic acid groups (broad SMARTS) is 2. The number of hydrogen-bond donors (Lipinski definition) is 19. The highest BCUT2D eigenvalue weighted by Gasteiger charge is 2.41. The molecule has 488 valence electrons. The largest absolute Gasteiger partial charge is 0.508 e. The number of aliphatic carboxylic acids is 2. The van der Waals surface area contributed by atoms with Crippen LogP contribution in [0.15, 0.2) is 24.3 Å². The van der Waals surface area contributed by atoms with Gasteiger partial charge in [-0.15, -0.1) is 0 Å². The smallest absolute Gasteiger partial charge is 0.328 e. The van der Waals surface area contributed by atoms with Crippen molar-refractivity contribution in [2.75, 3.05) is 25.5 Å². The lowest BCUT2D eigenvalue weighted by atomic mass is 10.0. The van der Waals surface area contributed by atoms with Crippen LogP contribution in [0.25, 0.3) is 0 Å². The maximum absolute atomic E-state index is 14.1. The summed E-state index contributed by atoms with van der Waals surface area (Å²) in [6.45, 7) is 9.67. The Morgan fingerprint density at radius 2 is 1.00 bits per heavy atom. The lowest BCUT2D eigenvalue weighted by Gasteiger charge is -2.30. The normalized spacial score (nSPS) is 17.5. The second-order valence-corrected chi connectivity index (χ2v) is 22.4. The number of phenolic OH excluding ortho intramolecular Hbond substituents is 1. The molecule has 14 atom stereocenters. The molecule has 1 aliphatic heterocycles. The van der Waals surface area contributed by atoms with Crippen LogP contribution in [0.4, 0.5) is 0 Å². The third-order valence-electron chi connectivity index (χ3n) is 13.6. The van der Waals surface area contributed by atoms with Crippen LogP contribution in [-0.2, 0) is 68.7 Å². The van der Waals surface area contributed by atoms with Gasteiger partial charge < -0.3 is 99.5 Å². The Morgan fingerprint density at radius 3 is 1.48 bits per heavy atom. The molecule has 0 radical (unpaired) electrons. The van der Waals surface area contributed by atoms with E-state index in [2.05, 4.69) is 65.8 Å². The Bertz CT molecular complexity index is 2580. The molecule has 1 heterocycles. The van der Waals surface area contributed by atoms with Gasteiger partial charge in [0.15, 0.2) is 0 Å². The molecule has 33 heteroatoms. The predicted molar refractivity (Wildman–Crippen MR) is 310 cm³/mol. The number of hydrogen-bond acceptors (Lipinski definition) is 20. The zero-order chi connectivity index (χ0) is 66.2. The number of carboxylic acids is 2. The van der Waals surface area contributed by atoms with Gasteiger partial charge in [0.1, 0.15) is 72.2 Å². The second-order valence-electron chi connectivity index (χ2n) is 22.0. The van der Waals surface area contributed by atoms with E-state index >= 15 is 0 Å². The van der Waals surface area contributed by atoms with E-state index in [1.54, 1.807) is 27.7 Å². The zero-order valence-electron chi connectivity index (χ0n) is 49.7. The number of aliphatic hydroxyl groups excluding tert-OH is 4. The summed E-state index contributed by atoms with van der Waals surface area (Å²) in [4.78, 5) is 173. The monoisotopic (exact) mass is 1250 g/mol. The zero-order valence-corrected chi connectivity index (χ0v) is 50.6. The molecule has 0 unspecified atom stereocenters. The number of aliphatic hydroxyl groups is 4. The van der Waals surface area contributed by atoms with Crippen molar-refractivity contribution in [2.45, 2.75) is 185 Å². The number of amides is 11. The molecule has 1 saturated heterocycles. The van der Waals surface area contributed by atoms with Crippen molar-refractivity contribution >= 4 is 89.5 Å². The number of aromatic hydroxyl groups is 1. The fourth-order valence-corrected chi connectivity index (χ4v) is 9.00. The van der Waals surface area contributed by atoms with Crippen molar-refractivity contribution in [1.29, 1.82) is 0 Å². The van der Waals surface area contributed by atoms with Crippen molar-refractivity contribution in [3.63, 3.8) is 0 Å². The van der Waals surface area contributed by atoms with Gasteiger partial charge in [0.2, 0.25) is 65.0 Å². The molecule has 1 aliphatic rings. The number of benzene rings is 1. The lowest BCUT2D eigenvalue weighted by molar-refractivity contribution is -0.145. The van der Waals surface area contributed by atoms with Crippen molar-refractivity contribution in [3.8, 4) is 5.75 Å². The average Bonchev–Trinajstić information content (AvgIpc) is 4.10. The number of nitrogens with one attached hydrogen (secondary N) is 10. The molecule has 1 aromatic carbocycles. The fraction of sp³-hybridized carbons (Fsp3) is 0.648. The summed E-state index contributed by atoms with van der Waals surface area (Å²) < 4.78 is 0. The quantitative estimate of drug-likeness (QED) is 0.0278. The van der Waals surface area contributed by atoms with E-state index < -0.39 is 193 Å². The maximum atomic E-state index is 14.1. The minimum atomic E-state index is -1.88. The topological polar surface area (TPSA) is 513 Å². The fourth-order valence-electron chi connectivity index (χ4n) is 8.74. The highest BCUT2D eigenvalue weighted by atomic mass is 32.1. The summed E-state index contributed by atoms with van der Waals surface area (Å²) >= 11 is 4.10. The Morgan fingerprint density at radius 1 is 0.552 bits per heavy atom. The third-order valence-corrected chi connectivity index (χ3v) is 13.9. The first kappa shape index (κ1) is 75.4. The molecule has 87 heavy (non-hydrogen) atoms. The summed E-state index contributed by atoms with van der Waals surface area (Å²) in [6, 6.07) is -12.6. The number of nitrogens with two attached hydrogens (primary N) is 1. The summed E-state index contributed by atoms with van der Waals surface area (Å²) in [5, 5.41) is 92.5. The molecule has 19 N–H and O–H groups in total. The van der Waals surface area contributed by atoms with E-state index in [1.165, 1.54) is 31.2 Å². The van der Waals surface area contributed by atoms with Crippen LogP contribution in [0.3, 0.4) is 0 Å². The van der Waals surface area contributed by atoms with Gasteiger partial charge >= 0.3 is 11.9 Å². The maximum Gasteiger partial charge on any atom is 0.328 e. The molecule has 0 bridgehead atoms. The van der Waals surface area contributed by atoms with Gasteiger partial charge in [-0.05, 0) is 89.3 Å². The van der Waals surface area contributed by atoms with Crippen LogP contribution in [-0.4, -0.2) is 228 Å². The van der Waals surface area contributed by atoms with Crippen LogP contribution in [0, 0.1) is 11.8 Å². The first-order valence-electron chi connectivity index (χ1n) is 28.2. The van der Waals surface area contributed by atoms with Gasteiger partial charge in [-0.3, -0.25) is 57.5 Å². The number of phenols is 1. The minimum absolute atomic E-state index is 0.0247. The Balaban J connectivity index is 2.18. The van der Waals surface area contributed by atoms with Crippen LogP contribution < -0.4 is 58.9 Å². The van der Waals surface area contributed by atoms with Gasteiger partial charge in [0.05, 0.1) is 31.5 Å². The molecule has 0 aliphatic carbocycles. The number of carbonyl (C=O) groups is 13. The predicted octanol–water partition coefficient (Wildman–Crippen LogP) is -6.14. The van der Waals surface area contributed by atoms with Crippen LogP contribution in [0.2, 0.25) is 0 Å². The standard InChI is InChI=1S/C54H86N12O20S/c1-24(2)18-32(55)45(76)58-33(15-16-40(72)73)46(77)64-42(29(8)70)52(83)65-41(28(7)69)51(82)63-38(23-87)49(80)57-27(6)44(75)61-36(21-67)48(79)59-34(19-25(3)4)47(78)56-26(5)43(74)60-35(20-30-11-13-31(71)14-12-30)53(84)66-17-9-10-39(66)50(81)62-37(22-68)54(85)86/h11-14,24-29,32-39,41-42,67-71,87H,9-10,15-23,55H2,1-8H3,(H,56,78)(H,57,80)(H,58,76)(H,59,79)(H,60,74)(H,61,75)(H,62,81)(H,63,82)(H,64,77)(H,65,83)(H,72,73)(H,85,86)/t26-,27-,28+,29+,32-,33-,34-,35-,36-,37-,38-,39-,41-,42-/m0/s1. The molecule has 11 amide bonds. The van der Waals surface area contributed by atoms with E-state index in [9.17, 15) is 98.1 Å². The molecule has 0 saturated carbocycles. The number of rotatable bonds is 36. The Hall–Kier alpha value is -7.72. The third kappa shape index (κ3) is 24.9. The van der Waals surface area contributed by atoms with Gasteiger partial charge in [-0.1, -0.05) is 39.8 Å². The van der Waals surface area contributed by atoms with Crippen molar-refractivity contribution < 1.29 is 98.1 Å². The second kappa shape index (κ2) is 36.4. The summed E-state index contributed by atoms with van der Waals surface area (Å²) in [5.74, 6) is -14.6. The first-order chi connectivity index (χ1) is 40.6. The molecule has 1 aromatic rings. The van der Waals surface area contributed by atoms with Gasteiger partial charge in [-0.2, -0.15) is 12.6 Å². The van der Waals surface area contributed by atoms with E-state index in [1.807, 2.05) is 0 Å². The highest BCUT2D eigenvalue weighted by Crippen LogP contribution is 2.21. The Labute approximate surface area is 507 Å². The van der Waals surface area contributed by atoms with Gasteiger partial charge in [-0.25, -0.2) is 4.79 Å². The van der Waals surface area contributed by atoms with Crippen molar-refractivity contribution in [3.05, 3.63) is 29.8 Å². The number of carbonyl (C=O) groups excluding carboxylic acids is 11. The molecule has 32 nitrogen and oxygen atoms in total. The summed E-state index contributed by atoms with van der Waals surface area (Å²) in [7, 11) is 0. The average molecular weight is 1260 g/mol. The first-order valence-corrected chi connectivity index (χ1v) is 28.8. The van der Waals surface area contributed by atoms with E-state index in [4.69, 9.17) is 5.73 Å². The molecule has 1 fully saturated rings. The minimum Gasteiger partial charge on any atom is -0.508 e. The lowest BCUT2D eigenvalue weighted by Crippen LogP contribution is -2.63. The van der Waals surface area contributed by atoms with E-state index in [-0.39, 0.29) is 49.8 Å². The van der Waals surface area contributed by atoms with Crippen LogP contribution >= 0.6 is 12.6 Å². The van der Waals surface area contributed by atoms with Crippen LogP contribution in [0.5, 0.6) is 5.75 Å². The number of thiol groups is 1. The Kier molecular flexibility index (Phi) is 31.6. The summed E-state index contributed by atoms with van der Waals surface area (Å²) in [5.41, 5.74) is 6.39. The number of likely N-dealkylation sites (tertiary alicyclic amines) is 1. The molecular formula is C54H86N12O20S. The molecule has 0 spiro atoms. The summed E-state index contributed by atoms with van der Waals surface area (Å²) in [6.07, 6.45) is -4.00. The van der Waals surface area contributed by atoms with Gasteiger partial charge in [0, 0.05) is 25.1 Å². The molecule has 2 rings (SSSR count). The highest BCUT2D eigenvalue weighted by molar-refractivity contribution is 7.80. The SMILES string of the molecule is CC(C)C[C@H](NC(=O)[C@H](CO)NC(=O)[C@H](C)NC(=O)[C@H](CS)NC(=O)[C@@H](NC(=O)[C@@H](NC(=O)[C@H](CCC(=O)O)NC(=O)[C@@H](N)CC(C)C)[C@@H](C)O)[C@@H](C)O)C(=O)N[C@@H](C)C(=O)N[C@@H](Cc1ccc(O)cc1)C(=O)N1CCC[C@H]1C(=O)N[C@@H](CO)C(=O)O. The van der Waals surface area contributed by atoms with Gasteiger partial charge in [0.25, 0.3) is 0 Å². The molecular weight excluding hydrogens is 1170 g/mol. The molecule has 0 aromatic heterocycles. The van der Waals surface area contributed by atoms with Crippen LogP contribution in [0.1, 0.15) is 99.5 Å². The van der Waals surface area contributed by atoms with E-state index in [0.717, 1.165) is 25.7 Å². The van der Waals surface area contributed by atoms with E-state index in [0.29, 0.717) is 12.0 Å². The van der Waals surface area contributed by atoms with Crippen molar-refractivity contribution in [2.24, 2.45) is 17.6 Å². The van der Waals surface area contributed by atoms with Crippen molar-refractivity contribution in [1.82, 2.24) is 58.1 Å².